The molecule has 0 aliphatic carbocycles. The molecule has 1 amide bonds. The Balaban J connectivity index is 1.94. The standard InChI is InChI=1S/C14H9Cl2N3O5/c1-7(20)18-14(11-4-5-12(23-11)19(21)22)24-13(17-18)8-2-3-9(15)10(16)6-8/h2-6,14H,1H3/t14-/m1/s1. The van der Waals surface area contributed by atoms with Gasteiger partial charge in [-0.05, 0) is 24.3 Å². The Morgan fingerprint density at radius 1 is 1.29 bits per heavy atom. The van der Waals surface area contributed by atoms with Crippen molar-refractivity contribution in [3.8, 4) is 0 Å². The van der Waals surface area contributed by atoms with E-state index in [0.717, 1.165) is 5.01 Å². The number of carbonyl (C=O) groups is 1. The number of ether oxygens (including phenoxy) is 1. The van der Waals surface area contributed by atoms with E-state index in [0.29, 0.717) is 15.6 Å². The lowest BCUT2D eigenvalue weighted by Crippen LogP contribution is -2.24. The smallest absolute Gasteiger partial charge is 0.433 e. The first-order valence-corrected chi connectivity index (χ1v) is 7.37. The monoisotopic (exact) mass is 369 g/mol. The zero-order valence-electron chi connectivity index (χ0n) is 12.1. The maximum Gasteiger partial charge on any atom is 0.433 e. The molecule has 8 nitrogen and oxygen atoms in total. The topological polar surface area (TPSA) is 98.2 Å². The molecule has 2 aromatic rings. The molecule has 1 aromatic carbocycles. The summed E-state index contributed by atoms with van der Waals surface area (Å²) in [6.07, 6.45) is -1.04. The molecule has 0 saturated carbocycles. The highest BCUT2D eigenvalue weighted by Gasteiger charge is 2.36. The van der Waals surface area contributed by atoms with Gasteiger partial charge >= 0.3 is 5.88 Å². The van der Waals surface area contributed by atoms with Crippen LogP contribution in [-0.2, 0) is 9.53 Å². The van der Waals surface area contributed by atoms with Crippen LogP contribution in [0, 0.1) is 10.1 Å². The molecule has 1 atom stereocenters. The maximum atomic E-state index is 11.8. The highest BCUT2D eigenvalue weighted by atomic mass is 35.5. The average Bonchev–Trinajstić information content (AvgIpc) is 3.15. The van der Waals surface area contributed by atoms with Gasteiger partial charge < -0.3 is 9.15 Å². The molecule has 0 N–H and O–H groups in total. The minimum absolute atomic E-state index is 0.0794. The summed E-state index contributed by atoms with van der Waals surface area (Å²) in [4.78, 5) is 21.8. The Labute approximate surface area is 145 Å². The highest BCUT2D eigenvalue weighted by Crippen LogP contribution is 2.34. The number of furan rings is 1. The van der Waals surface area contributed by atoms with Crippen LogP contribution < -0.4 is 0 Å². The molecule has 0 fully saturated rings. The molecule has 2 heterocycles. The van der Waals surface area contributed by atoms with Crippen LogP contribution in [0.15, 0.2) is 39.9 Å². The lowest BCUT2D eigenvalue weighted by molar-refractivity contribution is -0.402. The Hall–Kier alpha value is -2.58. The van der Waals surface area contributed by atoms with Gasteiger partial charge in [0, 0.05) is 12.5 Å². The van der Waals surface area contributed by atoms with Crippen LogP contribution in [0.25, 0.3) is 0 Å². The highest BCUT2D eigenvalue weighted by molar-refractivity contribution is 6.42. The van der Waals surface area contributed by atoms with Gasteiger partial charge in [-0.25, -0.2) is 0 Å². The quantitative estimate of drug-likeness (QED) is 0.606. The summed E-state index contributed by atoms with van der Waals surface area (Å²) < 4.78 is 10.7. The van der Waals surface area contributed by atoms with Gasteiger partial charge in [0.05, 0.1) is 16.1 Å². The van der Waals surface area contributed by atoms with E-state index in [1.54, 1.807) is 12.1 Å². The van der Waals surface area contributed by atoms with Crippen molar-refractivity contribution in [1.82, 2.24) is 5.01 Å². The Kier molecular flexibility index (Phi) is 4.16. The Morgan fingerprint density at radius 2 is 2.04 bits per heavy atom. The summed E-state index contributed by atoms with van der Waals surface area (Å²) in [5.74, 6) is -0.683. The van der Waals surface area contributed by atoms with E-state index in [1.165, 1.54) is 25.1 Å². The molecule has 0 bridgehead atoms. The summed E-state index contributed by atoms with van der Waals surface area (Å²) in [5.41, 5.74) is 0.499. The lowest BCUT2D eigenvalue weighted by atomic mass is 10.2. The van der Waals surface area contributed by atoms with E-state index in [4.69, 9.17) is 32.4 Å². The summed E-state index contributed by atoms with van der Waals surface area (Å²) in [6.45, 7) is 1.29. The van der Waals surface area contributed by atoms with E-state index in [2.05, 4.69) is 5.10 Å². The third-order valence-electron chi connectivity index (χ3n) is 3.17. The van der Waals surface area contributed by atoms with E-state index in [9.17, 15) is 14.9 Å². The minimum atomic E-state index is -1.04. The Bertz CT molecular complexity index is 864. The Morgan fingerprint density at radius 3 is 2.62 bits per heavy atom. The molecular formula is C14H9Cl2N3O5. The van der Waals surface area contributed by atoms with Gasteiger partial charge in [0.1, 0.15) is 4.92 Å². The lowest BCUT2D eigenvalue weighted by Gasteiger charge is -2.16. The molecular weight excluding hydrogens is 361 g/mol. The van der Waals surface area contributed by atoms with Gasteiger partial charge in [-0.15, -0.1) is 5.10 Å². The second kappa shape index (κ2) is 6.14. The molecule has 124 valence electrons. The van der Waals surface area contributed by atoms with E-state index >= 15 is 0 Å². The summed E-state index contributed by atoms with van der Waals surface area (Å²) in [7, 11) is 0. The predicted octanol–water partition coefficient (Wildman–Crippen LogP) is 3.73. The van der Waals surface area contributed by atoms with E-state index in [1.807, 2.05) is 0 Å². The zero-order valence-corrected chi connectivity index (χ0v) is 13.6. The van der Waals surface area contributed by atoms with Gasteiger partial charge in [-0.2, -0.15) is 5.01 Å². The van der Waals surface area contributed by atoms with Gasteiger partial charge in [0.2, 0.25) is 11.8 Å². The van der Waals surface area contributed by atoms with Crippen molar-refractivity contribution in [1.29, 1.82) is 0 Å². The molecule has 24 heavy (non-hydrogen) atoms. The van der Waals surface area contributed by atoms with Crippen molar-refractivity contribution in [3.63, 3.8) is 0 Å². The number of halogens is 2. The van der Waals surface area contributed by atoms with Crippen molar-refractivity contribution < 1.29 is 18.9 Å². The number of nitro groups is 1. The second-order valence-corrected chi connectivity index (χ2v) is 5.62. The zero-order chi connectivity index (χ0) is 17.4. The van der Waals surface area contributed by atoms with Crippen molar-refractivity contribution >= 4 is 40.9 Å². The van der Waals surface area contributed by atoms with Gasteiger partial charge in [-0.3, -0.25) is 14.9 Å². The molecule has 1 aliphatic heterocycles. The summed E-state index contributed by atoms with van der Waals surface area (Å²) >= 11 is 11.8. The molecule has 1 aliphatic rings. The number of hydrazone groups is 1. The predicted molar refractivity (Wildman–Crippen MR) is 84.7 cm³/mol. The fraction of sp³-hybridized carbons (Fsp3) is 0.143. The number of hydrogen-bond acceptors (Lipinski definition) is 6. The number of rotatable bonds is 3. The first-order chi connectivity index (χ1) is 11.4. The minimum Gasteiger partial charge on any atom is -0.442 e. The van der Waals surface area contributed by atoms with Gasteiger partial charge in [-0.1, -0.05) is 23.2 Å². The average molecular weight is 370 g/mol. The summed E-state index contributed by atoms with van der Waals surface area (Å²) in [5, 5.41) is 16.5. The molecule has 10 heteroatoms. The number of amides is 1. The maximum absolute atomic E-state index is 11.8. The summed E-state index contributed by atoms with van der Waals surface area (Å²) in [6, 6.07) is 7.25. The van der Waals surface area contributed by atoms with Crippen LogP contribution in [0.3, 0.4) is 0 Å². The number of benzene rings is 1. The van der Waals surface area contributed by atoms with E-state index in [-0.39, 0.29) is 11.7 Å². The van der Waals surface area contributed by atoms with Crippen molar-refractivity contribution in [2.45, 2.75) is 13.2 Å². The van der Waals surface area contributed by atoms with Crippen LogP contribution in [-0.4, -0.2) is 21.7 Å². The molecule has 0 spiro atoms. The van der Waals surface area contributed by atoms with Crippen LogP contribution in [0.2, 0.25) is 10.0 Å². The fourth-order valence-electron chi connectivity index (χ4n) is 2.07. The molecule has 0 unspecified atom stereocenters. The number of hydrogen-bond donors (Lipinski definition) is 0. The molecule has 1 aromatic heterocycles. The van der Waals surface area contributed by atoms with Crippen LogP contribution in [0.5, 0.6) is 0 Å². The van der Waals surface area contributed by atoms with Crippen molar-refractivity contribution in [2.75, 3.05) is 0 Å². The molecule has 3 rings (SSSR count). The molecule has 0 saturated heterocycles. The van der Waals surface area contributed by atoms with Crippen molar-refractivity contribution in [3.05, 3.63) is 61.8 Å². The fourth-order valence-corrected chi connectivity index (χ4v) is 2.37. The van der Waals surface area contributed by atoms with Gasteiger partial charge in [0.25, 0.3) is 6.23 Å². The first-order valence-electron chi connectivity index (χ1n) is 6.61. The van der Waals surface area contributed by atoms with Crippen LogP contribution >= 0.6 is 23.2 Å². The SMILES string of the molecule is CC(=O)N1N=C(c2ccc(Cl)c(Cl)c2)O[C@@H]1c1ccc([N+](=O)[O-])o1. The third-order valence-corrected chi connectivity index (χ3v) is 3.91. The number of carbonyl (C=O) groups excluding carboxylic acids is 1. The van der Waals surface area contributed by atoms with Gasteiger partial charge in [0.15, 0.2) is 5.76 Å². The van der Waals surface area contributed by atoms with E-state index < -0.39 is 22.9 Å². The second-order valence-electron chi connectivity index (χ2n) is 4.80. The van der Waals surface area contributed by atoms with Crippen LogP contribution in [0.1, 0.15) is 24.5 Å². The normalized spacial score (nSPS) is 16.7. The third kappa shape index (κ3) is 2.93. The van der Waals surface area contributed by atoms with Crippen LogP contribution in [0.4, 0.5) is 5.88 Å². The molecule has 0 radical (unpaired) electrons. The largest absolute Gasteiger partial charge is 0.442 e. The first kappa shape index (κ1) is 16.3. The number of nitrogens with zero attached hydrogens (tertiary/aromatic N) is 3. The van der Waals surface area contributed by atoms with Crippen molar-refractivity contribution in [2.24, 2.45) is 5.10 Å².